The first-order valence-electron chi connectivity index (χ1n) is 5.75. The van der Waals surface area contributed by atoms with E-state index in [0.29, 0.717) is 11.7 Å². The summed E-state index contributed by atoms with van der Waals surface area (Å²) in [4.78, 5) is 10.9. The summed E-state index contributed by atoms with van der Waals surface area (Å²) in [6, 6.07) is 8.68. The lowest BCUT2D eigenvalue weighted by atomic mass is 10.0. The van der Waals surface area contributed by atoms with Crippen LogP contribution in [0, 0.1) is 0 Å². The molecule has 17 heavy (non-hydrogen) atoms. The molecule has 2 nitrogen and oxygen atoms in total. The van der Waals surface area contributed by atoms with Crippen molar-refractivity contribution < 1.29 is 9.53 Å². The number of benzene rings is 1. The van der Waals surface area contributed by atoms with Crippen LogP contribution in [0.15, 0.2) is 24.3 Å². The van der Waals surface area contributed by atoms with E-state index in [2.05, 4.69) is 26.1 Å². The summed E-state index contributed by atoms with van der Waals surface area (Å²) in [7, 11) is -1.59. The van der Waals surface area contributed by atoms with Crippen LogP contribution in [0.5, 0.6) is 5.75 Å². The first kappa shape index (κ1) is 14.3. The number of hydrogen-bond acceptors (Lipinski definition) is 2. The molecule has 1 rings (SSSR count). The molecule has 94 valence electrons. The molecule has 0 radical (unpaired) electrons. The van der Waals surface area contributed by atoms with Gasteiger partial charge in [0.25, 0.3) is 0 Å². The summed E-state index contributed by atoms with van der Waals surface area (Å²) in [6.07, 6.45) is 0. The topological polar surface area (TPSA) is 26.3 Å². The van der Waals surface area contributed by atoms with Crippen molar-refractivity contribution in [2.24, 2.45) is 0 Å². The van der Waals surface area contributed by atoms with E-state index in [1.807, 2.05) is 12.1 Å². The highest BCUT2D eigenvalue weighted by Gasteiger charge is 2.21. The summed E-state index contributed by atoms with van der Waals surface area (Å²) < 4.78 is 5.07. The maximum atomic E-state index is 10.9. The lowest BCUT2D eigenvalue weighted by Crippen LogP contribution is -2.18. The standard InChI is InChI=1S/C13H19ClO2Si/c1-10(9-17(3,4)14)12-6-5-7-13(8-12)16-11(2)15/h5-8,10H,9H2,1-4H3. The van der Waals surface area contributed by atoms with Crippen LogP contribution < -0.4 is 4.74 Å². The molecule has 0 fully saturated rings. The zero-order valence-electron chi connectivity index (χ0n) is 10.8. The van der Waals surface area contributed by atoms with E-state index < -0.39 is 7.38 Å². The Kier molecular flexibility index (Phi) is 4.77. The number of esters is 1. The molecule has 0 aliphatic carbocycles. The molecule has 1 aromatic carbocycles. The van der Waals surface area contributed by atoms with E-state index in [9.17, 15) is 4.79 Å². The minimum atomic E-state index is -1.59. The van der Waals surface area contributed by atoms with Crippen molar-refractivity contribution in [2.75, 3.05) is 0 Å². The number of carbonyl (C=O) groups excluding carboxylic acids is 1. The quantitative estimate of drug-likeness (QED) is 0.355. The largest absolute Gasteiger partial charge is 0.427 e. The second-order valence-corrected chi connectivity index (χ2v) is 11.9. The van der Waals surface area contributed by atoms with Gasteiger partial charge in [-0.25, -0.2) is 0 Å². The van der Waals surface area contributed by atoms with Crippen molar-refractivity contribution in [3.8, 4) is 5.75 Å². The van der Waals surface area contributed by atoms with E-state index in [1.165, 1.54) is 12.5 Å². The lowest BCUT2D eigenvalue weighted by molar-refractivity contribution is -0.131. The van der Waals surface area contributed by atoms with E-state index in [1.54, 1.807) is 6.07 Å². The van der Waals surface area contributed by atoms with Gasteiger partial charge in [-0.05, 0) is 29.7 Å². The minimum absolute atomic E-state index is 0.290. The van der Waals surface area contributed by atoms with Gasteiger partial charge in [0.2, 0.25) is 0 Å². The smallest absolute Gasteiger partial charge is 0.308 e. The Hall–Kier alpha value is -0.803. The van der Waals surface area contributed by atoms with Crippen molar-refractivity contribution >= 4 is 24.4 Å². The van der Waals surface area contributed by atoms with Crippen LogP contribution in [0.2, 0.25) is 19.1 Å². The Morgan fingerprint density at radius 3 is 2.65 bits per heavy atom. The highest BCUT2D eigenvalue weighted by molar-refractivity contribution is 7.19. The average Bonchev–Trinajstić information content (AvgIpc) is 2.14. The molecule has 0 amide bonds. The third-order valence-electron chi connectivity index (χ3n) is 2.48. The highest BCUT2D eigenvalue weighted by Crippen LogP contribution is 2.30. The van der Waals surface area contributed by atoms with Crippen molar-refractivity contribution in [3.05, 3.63) is 29.8 Å². The summed E-state index contributed by atoms with van der Waals surface area (Å²) in [5.74, 6) is 0.711. The van der Waals surface area contributed by atoms with Gasteiger partial charge in [-0.15, -0.1) is 0 Å². The van der Waals surface area contributed by atoms with Crippen LogP contribution in [0.1, 0.15) is 25.3 Å². The highest BCUT2D eigenvalue weighted by atomic mass is 35.6. The summed E-state index contributed by atoms with van der Waals surface area (Å²) in [6.45, 7) is 7.84. The van der Waals surface area contributed by atoms with Gasteiger partial charge in [-0.3, -0.25) is 4.79 Å². The normalized spacial score (nSPS) is 13.2. The third-order valence-corrected chi connectivity index (χ3v) is 4.53. The lowest BCUT2D eigenvalue weighted by Gasteiger charge is -2.19. The zero-order valence-corrected chi connectivity index (χ0v) is 12.5. The summed E-state index contributed by atoms with van der Waals surface area (Å²) in [5, 5.41) is 0. The maximum absolute atomic E-state index is 10.9. The first-order valence-corrected chi connectivity index (χ1v) is 9.97. The number of ether oxygens (including phenoxy) is 1. The molecule has 0 spiro atoms. The summed E-state index contributed by atoms with van der Waals surface area (Å²) >= 11 is 6.36. The van der Waals surface area contributed by atoms with Crippen LogP contribution in [-0.2, 0) is 4.79 Å². The van der Waals surface area contributed by atoms with E-state index in [-0.39, 0.29) is 5.97 Å². The molecule has 0 heterocycles. The molecule has 1 aromatic rings. The van der Waals surface area contributed by atoms with E-state index in [0.717, 1.165) is 6.04 Å². The van der Waals surface area contributed by atoms with Crippen LogP contribution in [-0.4, -0.2) is 13.4 Å². The average molecular weight is 271 g/mol. The van der Waals surface area contributed by atoms with Crippen LogP contribution >= 0.6 is 11.1 Å². The fourth-order valence-corrected chi connectivity index (χ4v) is 4.28. The second-order valence-electron chi connectivity index (χ2n) is 4.99. The van der Waals surface area contributed by atoms with Gasteiger partial charge in [0.1, 0.15) is 5.75 Å². The summed E-state index contributed by atoms with van der Waals surface area (Å²) in [5.41, 5.74) is 1.17. The number of carbonyl (C=O) groups is 1. The molecular weight excluding hydrogens is 252 g/mol. The van der Waals surface area contributed by atoms with Gasteiger partial charge in [-0.2, -0.15) is 11.1 Å². The Morgan fingerprint density at radius 1 is 1.47 bits per heavy atom. The number of halogens is 1. The van der Waals surface area contributed by atoms with Gasteiger partial charge in [0.05, 0.1) is 0 Å². The van der Waals surface area contributed by atoms with Gasteiger partial charge < -0.3 is 4.74 Å². The van der Waals surface area contributed by atoms with Crippen LogP contribution in [0.25, 0.3) is 0 Å². The van der Waals surface area contributed by atoms with Crippen molar-refractivity contribution in [1.29, 1.82) is 0 Å². The molecule has 1 atom stereocenters. The Labute approximate surface area is 109 Å². The fraction of sp³-hybridized carbons (Fsp3) is 0.462. The molecule has 0 saturated carbocycles. The second kappa shape index (κ2) is 5.69. The van der Waals surface area contributed by atoms with Gasteiger partial charge in [-0.1, -0.05) is 32.2 Å². The third kappa shape index (κ3) is 5.37. The van der Waals surface area contributed by atoms with Gasteiger partial charge in [0.15, 0.2) is 7.38 Å². The molecule has 0 aliphatic rings. The predicted octanol–water partition coefficient (Wildman–Crippen LogP) is 4.16. The molecule has 0 aliphatic heterocycles. The maximum Gasteiger partial charge on any atom is 0.308 e. The number of hydrogen-bond donors (Lipinski definition) is 0. The first-order chi connectivity index (χ1) is 7.78. The Bertz CT molecular complexity index is 399. The monoisotopic (exact) mass is 270 g/mol. The molecular formula is C13H19ClO2Si. The fourth-order valence-electron chi connectivity index (χ4n) is 1.90. The molecule has 0 saturated heterocycles. The van der Waals surface area contributed by atoms with Crippen LogP contribution in [0.3, 0.4) is 0 Å². The van der Waals surface area contributed by atoms with Gasteiger partial charge >= 0.3 is 5.97 Å². The van der Waals surface area contributed by atoms with Crippen molar-refractivity contribution in [1.82, 2.24) is 0 Å². The molecule has 0 bridgehead atoms. The Balaban J connectivity index is 2.80. The van der Waals surface area contributed by atoms with E-state index in [4.69, 9.17) is 15.8 Å². The van der Waals surface area contributed by atoms with Crippen molar-refractivity contribution in [3.63, 3.8) is 0 Å². The molecule has 0 aromatic heterocycles. The van der Waals surface area contributed by atoms with Crippen molar-refractivity contribution in [2.45, 2.75) is 38.9 Å². The Morgan fingerprint density at radius 2 is 2.12 bits per heavy atom. The molecule has 4 heteroatoms. The SMILES string of the molecule is CC(=O)Oc1cccc(C(C)C[Si](C)(C)Cl)c1. The molecule has 1 unspecified atom stereocenters. The van der Waals surface area contributed by atoms with Gasteiger partial charge in [0, 0.05) is 6.92 Å². The molecule has 0 N–H and O–H groups in total. The predicted molar refractivity (Wildman–Crippen MR) is 74.3 cm³/mol. The number of rotatable bonds is 4. The van der Waals surface area contributed by atoms with Crippen LogP contribution in [0.4, 0.5) is 0 Å². The van der Waals surface area contributed by atoms with E-state index >= 15 is 0 Å². The zero-order chi connectivity index (χ0) is 13.1. The minimum Gasteiger partial charge on any atom is -0.427 e.